The van der Waals surface area contributed by atoms with Crippen LogP contribution in [0.25, 0.3) is 11.6 Å². The second kappa shape index (κ2) is 9.75. The van der Waals surface area contributed by atoms with Crippen molar-refractivity contribution >= 4 is 73.3 Å². The maximum Gasteiger partial charge on any atom is 0.321 e. The number of benzene rings is 3. The van der Waals surface area contributed by atoms with Gasteiger partial charge in [0.05, 0.1) is 15.6 Å². The van der Waals surface area contributed by atoms with Crippen LogP contribution in [-0.2, 0) is 14.0 Å². The Morgan fingerprint density at radius 2 is 1.88 bits per heavy atom. The number of halogens is 5. The van der Waals surface area contributed by atoms with Crippen molar-refractivity contribution < 1.29 is 21.6 Å². The highest BCUT2D eigenvalue weighted by atomic mass is 127. The molecule has 0 fully saturated rings. The van der Waals surface area contributed by atoms with E-state index >= 15 is 0 Å². The van der Waals surface area contributed by atoms with E-state index in [1.807, 2.05) is 6.07 Å². The summed E-state index contributed by atoms with van der Waals surface area (Å²) in [5, 5.41) is 0.276. The fourth-order valence-electron chi connectivity index (χ4n) is 3.71. The summed E-state index contributed by atoms with van der Waals surface area (Å²) in [6.07, 6.45) is 1.73. The quantitative estimate of drug-likeness (QED) is 0.163. The lowest BCUT2D eigenvalue weighted by Crippen LogP contribution is -2.35. The zero-order chi connectivity index (χ0) is 24.7. The molecular formula is C24H18ClF3INO2S2. The Labute approximate surface area is 219 Å². The lowest BCUT2D eigenvalue weighted by atomic mass is 10.0. The number of hydrogen-bond acceptors (Lipinski definition) is 3. The molecule has 0 radical (unpaired) electrons. The third-order valence-electron chi connectivity index (χ3n) is 5.29. The summed E-state index contributed by atoms with van der Waals surface area (Å²) in [4.78, 5) is 0.554. The molecule has 0 bridgehead atoms. The molecule has 178 valence electrons. The van der Waals surface area contributed by atoms with Crippen molar-refractivity contribution in [2.75, 3.05) is 16.6 Å². The number of thioether (sulfide) groups is 1. The zero-order valence-corrected chi connectivity index (χ0v) is 22.3. The molecule has 0 atom stereocenters. The van der Waals surface area contributed by atoms with Crippen LogP contribution in [0, 0.1) is 5.82 Å². The smallest absolute Gasteiger partial charge is 0.264 e. The van der Waals surface area contributed by atoms with Crippen LogP contribution in [-0.4, -0.2) is 20.7 Å². The van der Waals surface area contributed by atoms with Gasteiger partial charge in [-0.2, -0.15) is 8.78 Å². The first-order valence-corrected chi connectivity index (χ1v) is 14.0. The Bertz CT molecular complexity index is 1370. The zero-order valence-electron chi connectivity index (χ0n) is 17.7. The summed E-state index contributed by atoms with van der Waals surface area (Å²) < 4.78 is 66.9. The molecule has 0 amide bonds. The Kier molecular flexibility index (Phi) is 7.29. The Hall–Kier alpha value is -1.69. The molecule has 3 aromatic rings. The molecule has 0 spiro atoms. The van der Waals surface area contributed by atoms with Gasteiger partial charge in [0.1, 0.15) is 5.82 Å². The summed E-state index contributed by atoms with van der Waals surface area (Å²) in [5.41, 5.74) is 1.58. The minimum Gasteiger partial charge on any atom is -0.264 e. The van der Waals surface area contributed by atoms with Crippen molar-refractivity contribution in [3.63, 3.8) is 0 Å². The number of anilines is 1. The van der Waals surface area contributed by atoms with Crippen LogP contribution in [0.5, 0.6) is 0 Å². The minimum atomic E-state index is -4.09. The maximum atomic E-state index is 14.3. The van der Waals surface area contributed by atoms with Gasteiger partial charge in [0, 0.05) is 50.9 Å². The second-order valence-corrected chi connectivity index (χ2v) is 12.4. The first kappa shape index (κ1) is 25.4. The first-order chi connectivity index (χ1) is 16.0. The van der Waals surface area contributed by atoms with Gasteiger partial charge < -0.3 is 0 Å². The Balaban J connectivity index is 1.76. The van der Waals surface area contributed by atoms with E-state index in [1.54, 1.807) is 31.2 Å². The fourth-order valence-corrected chi connectivity index (χ4v) is 7.03. The molecule has 0 N–H and O–H groups in total. The Morgan fingerprint density at radius 1 is 1.15 bits per heavy atom. The molecule has 1 heterocycles. The number of alkyl halides is 3. The molecule has 0 aromatic heterocycles. The van der Waals surface area contributed by atoms with E-state index in [0.717, 1.165) is 33.6 Å². The SMILES string of the molecule is C/C(=C\c1ccc2c(c1)N(S(=O)(=O)c1cccc(C(F)(F)I)c1)CCS2)c1c(F)cccc1Cl. The molecule has 10 heteroatoms. The van der Waals surface area contributed by atoms with Gasteiger partial charge >= 0.3 is 3.93 Å². The van der Waals surface area contributed by atoms with Gasteiger partial charge in [-0.15, -0.1) is 11.8 Å². The monoisotopic (exact) mass is 635 g/mol. The van der Waals surface area contributed by atoms with Crippen LogP contribution in [0.3, 0.4) is 0 Å². The number of sulfonamides is 1. The van der Waals surface area contributed by atoms with Crippen molar-refractivity contribution in [1.29, 1.82) is 0 Å². The first-order valence-electron chi connectivity index (χ1n) is 10.1. The van der Waals surface area contributed by atoms with Crippen molar-refractivity contribution in [3.8, 4) is 0 Å². The van der Waals surface area contributed by atoms with Crippen molar-refractivity contribution in [2.45, 2.75) is 20.6 Å². The van der Waals surface area contributed by atoms with Gasteiger partial charge in [0.15, 0.2) is 0 Å². The van der Waals surface area contributed by atoms with Crippen LogP contribution in [0.15, 0.2) is 70.5 Å². The van der Waals surface area contributed by atoms with Crippen molar-refractivity contribution in [1.82, 2.24) is 0 Å². The van der Waals surface area contributed by atoms with Gasteiger partial charge in [0.2, 0.25) is 0 Å². The largest absolute Gasteiger partial charge is 0.321 e. The summed E-state index contributed by atoms with van der Waals surface area (Å²) in [7, 11) is -4.09. The molecule has 0 saturated carbocycles. The van der Waals surface area contributed by atoms with E-state index in [1.165, 1.54) is 46.4 Å². The second-order valence-electron chi connectivity index (χ2n) is 7.60. The van der Waals surface area contributed by atoms with Gasteiger partial charge in [-0.1, -0.05) is 41.9 Å². The standard InChI is InChI=1S/C24H18ClF3INO2S2/c1-15(23-19(25)6-3-7-20(23)26)12-16-8-9-22-21(13-16)30(10-11-33-22)34(31,32)18-5-2-4-17(14-18)24(27,28)29/h2-9,12-14H,10-11H2,1H3/b15-12+. The number of fused-ring (bicyclic) bond motifs is 1. The van der Waals surface area contributed by atoms with E-state index in [2.05, 4.69) is 0 Å². The third-order valence-corrected chi connectivity index (χ3v) is 9.08. The van der Waals surface area contributed by atoms with E-state index in [9.17, 15) is 21.6 Å². The van der Waals surface area contributed by atoms with Crippen LogP contribution in [0.4, 0.5) is 18.9 Å². The number of nitrogens with zero attached hydrogens (tertiary/aromatic N) is 1. The van der Waals surface area contributed by atoms with E-state index in [0.29, 0.717) is 22.6 Å². The molecule has 1 aliphatic rings. The molecule has 3 nitrogen and oxygen atoms in total. The number of hydrogen-bond donors (Lipinski definition) is 0. The van der Waals surface area contributed by atoms with E-state index < -0.39 is 19.8 Å². The van der Waals surface area contributed by atoms with Crippen LogP contribution in [0.2, 0.25) is 5.02 Å². The normalized spacial score (nSPS) is 14.8. The molecule has 0 saturated heterocycles. The lowest BCUT2D eigenvalue weighted by molar-refractivity contribution is 0.127. The van der Waals surface area contributed by atoms with Crippen LogP contribution >= 0.6 is 46.0 Å². The highest BCUT2D eigenvalue weighted by Gasteiger charge is 2.33. The fraction of sp³-hybridized carbons (Fsp3) is 0.167. The molecular weight excluding hydrogens is 618 g/mol. The van der Waals surface area contributed by atoms with Crippen molar-refractivity contribution in [3.05, 3.63) is 88.2 Å². The van der Waals surface area contributed by atoms with Gasteiger partial charge in [-0.3, -0.25) is 4.31 Å². The van der Waals surface area contributed by atoms with Crippen molar-refractivity contribution in [2.24, 2.45) is 0 Å². The molecule has 3 aromatic carbocycles. The van der Waals surface area contributed by atoms with Crippen LogP contribution in [0.1, 0.15) is 23.6 Å². The highest BCUT2D eigenvalue weighted by molar-refractivity contribution is 14.1. The topological polar surface area (TPSA) is 37.4 Å². The van der Waals surface area contributed by atoms with Gasteiger partial charge in [-0.05, 0) is 54.5 Å². The highest BCUT2D eigenvalue weighted by Crippen LogP contribution is 2.41. The predicted octanol–water partition coefficient (Wildman–Crippen LogP) is 7.82. The van der Waals surface area contributed by atoms with E-state index in [-0.39, 0.29) is 27.6 Å². The minimum absolute atomic E-state index is 0.191. The van der Waals surface area contributed by atoms with E-state index in [4.69, 9.17) is 11.6 Å². The Morgan fingerprint density at radius 3 is 2.59 bits per heavy atom. The summed E-state index contributed by atoms with van der Waals surface area (Å²) in [6, 6.07) is 14.6. The summed E-state index contributed by atoms with van der Waals surface area (Å²) in [5.74, 6) is 0.0684. The molecule has 1 aliphatic heterocycles. The van der Waals surface area contributed by atoms with Crippen LogP contribution < -0.4 is 4.31 Å². The summed E-state index contributed by atoms with van der Waals surface area (Å²) >= 11 is 8.67. The molecule has 0 aliphatic carbocycles. The molecule has 34 heavy (non-hydrogen) atoms. The average molecular weight is 636 g/mol. The molecule has 4 rings (SSSR count). The average Bonchev–Trinajstić information content (AvgIpc) is 2.78. The number of rotatable bonds is 5. The van der Waals surface area contributed by atoms with Gasteiger partial charge in [-0.25, -0.2) is 12.8 Å². The van der Waals surface area contributed by atoms with Gasteiger partial charge in [0.25, 0.3) is 10.0 Å². The lowest BCUT2D eigenvalue weighted by Gasteiger charge is -2.30. The number of allylic oxidation sites excluding steroid dienone is 1. The third kappa shape index (κ3) is 5.12. The molecule has 0 unspecified atom stereocenters. The summed E-state index contributed by atoms with van der Waals surface area (Å²) in [6.45, 7) is 1.92. The predicted molar refractivity (Wildman–Crippen MR) is 141 cm³/mol. The maximum absolute atomic E-state index is 14.3.